The Morgan fingerprint density at radius 3 is 2.22 bits per heavy atom. The smallest absolute Gasteiger partial charge is 0.229 e. The number of methoxy groups -OCH3 is 2. The molecule has 0 aromatic heterocycles. The molecule has 0 saturated carbocycles. The second-order valence-electron chi connectivity index (χ2n) is 8.05. The van der Waals surface area contributed by atoms with E-state index in [1.54, 1.807) is 14.2 Å². The monoisotopic (exact) mass is 427 g/mol. The average molecular weight is 428 g/mol. The van der Waals surface area contributed by atoms with E-state index in [0.29, 0.717) is 29.4 Å². The molecule has 0 N–H and O–H groups in total. The van der Waals surface area contributed by atoms with Crippen LogP contribution < -0.4 is 14.5 Å². The molecule has 0 amide bonds. The molecular weight excluding hydrogens is 402 g/mol. The predicted molar refractivity (Wildman–Crippen MR) is 124 cm³/mol. The normalized spacial score (nSPS) is 19.2. The summed E-state index contributed by atoms with van der Waals surface area (Å²) in [6, 6.07) is 23.3. The lowest BCUT2D eigenvalue weighted by Crippen LogP contribution is -2.55. The Morgan fingerprint density at radius 1 is 0.938 bits per heavy atom. The van der Waals surface area contributed by atoms with Crippen LogP contribution in [0.3, 0.4) is 0 Å². The highest BCUT2D eigenvalue weighted by Gasteiger charge is 2.52. The van der Waals surface area contributed by atoms with E-state index in [0.717, 1.165) is 23.2 Å². The maximum absolute atomic E-state index is 13.5. The number of carbonyl (C=O) groups is 1. The Balaban J connectivity index is 1.69. The first kappa shape index (κ1) is 20.1. The topological polar surface area (TPSA) is 54.4 Å². The number of hydrogen-bond acceptors (Lipinski definition) is 6. The van der Waals surface area contributed by atoms with Crippen molar-refractivity contribution in [3.63, 3.8) is 0 Å². The van der Waals surface area contributed by atoms with Gasteiger partial charge in [-0.2, -0.15) is 0 Å². The van der Waals surface area contributed by atoms with Gasteiger partial charge in [0.2, 0.25) is 5.78 Å². The van der Waals surface area contributed by atoms with Gasteiger partial charge in [-0.3, -0.25) is 4.79 Å². The second-order valence-corrected chi connectivity index (χ2v) is 8.05. The molecule has 0 radical (unpaired) electrons. The zero-order chi connectivity index (χ0) is 22.3. The quantitative estimate of drug-likeness (QED) is 0.563. The van der Waals surface area contributed by atoms with Crippen LogP contribution in [0.4, 0.5) is 5.69 Å². The van der Waals surface area contributed by atoms with Crippen LogP contribution in [0.25, 0.3) is 0 Å². The van der Waals surface area contributed by atoms with Crippen LogP contribution in [0.2, 0.25) is 0 Å². The lowest BCUT2D eigenvalue weighted by Gasteiger charge is -2.46. The molecule has 0 fully saturated rings. The zero-order valence-electron chi connectivity index (χ0n) is 18.4. The van der Waals surface area contributed by atoms with Crippen molar-refractivity contribution in [2.75, 3.05) is 25.8 Å². The fourth-order valence-corrected chi connectivity index (χ4v) is 4.72. The van der Waals surface area contributed by atoms with Crippen LogP contribution in [0.1, 0.15) is 28.4 Å². The number of para-hydroxylation sites is 1. The summed E-state index contributed by atoms with van der Waals surface area (Å²) in [5.41, 5.74) is 3.06. The maximum Gasteiger partial charge on any atom is 0.229 e. The molecule has 1 atom stereocenters. The summed E-state index contributed by atoms with van der Waals surface area (Å²) < 4.78 is 11.2. The molecule has 2 heterocycles. The molecule has 6 nitrogen and oxygen atoms in total. The Labute approximate surface area is 187 Å². The van der Waals surface area contributed by atoms with Gasteiger partial charge in [-0.05, 0) is 43.2 Å². The van der Waals surface area contributed by atoms with Crippen LogP contribution in [-0.4, -0.2) is 37.3 Å². The van der Waals surface area contributed by atoms with E-state index in [4.69, 9.17) is 14.6 Å². The van der Waals surface area contributed by atoms with Crippen molar-refractivity contribution >= 4 is 17.3 Å². The number of hydrazone groups is 1. The number of fused-ring (bicyclic) bond motifs is 3. The fourth-order valence-electron chi connectivity index (χ4n) is 4.72. The van der Waals surface area contributed by atoms with Gasteiger partial charge in [-0.1, -0.05) is 48.5 Å². The van der Waals surface area contributed by atoms with Crippen molar-refractivity contribution in [3.05, 3.63) is 89.5 Å². The lowest BCUT2D eigenvalue weighted by atomic mass is 9.86. The Hall–Kier alpha value is -3.80. The van der Waals surface area contributed by atoms with Crippen LogP contribution in [0, 0.1) is 0 Å². The molecular formula is C26H25N3O3. The minimum atomic E-state index is -0.686. The van der Waals surface area contributed by atoms with Gasteiger partial charge in [-0.15, -0.1) is 5.10 Å². The molecule has 5 rings (SSSR count). The molecule has 3 aromatic rings. The first-order chi connectivity index (χ1) is 15.6. The van der Waals surface area contributed by atoms with Crippen molar-refractivity contribution < 1.29 is 14.3 Å². The molecule has 0 unspecified atom stereocenters. The minimum absolute atomic E-state index is 0.0841. The number of Topliss-reactive ketones (excluding diaryl/α,β-unsaturated/α-hetero) is 1. The van der Waals surface area contributed by atoms with E-state index in [9.17, 15) is 4.79 Å². The highest BCUT2D eigenvalue weighted by molar-refractivity contribution is 6.45. The summed E-state index contributed by atoms with van der Waals surface area (Å²) >= 11 is 0. The van der Waals surface area contributed by atoms with Gasteiger partial charge in [0.05, 0.1) is 19.9 Å². The number of nitrogens with zero attached hydrogens (tertiary/aromatic N) is 3. The SMILES string of the molecule is COc1cc2c(cc1OC)[C@@]1(C)N(CC2)C(C(=O)c2ccccc2)=NN1c1ccccc1. The molecule has 162 valence electrons. The molecule has 0 aliphatic carbocycles. The molecule has 0 saturated heterocycles. The number of hydrogen-bond donors (Lipinski definition) is 0. The average Bonchev–Trinajstić information content (AvgIpc) is 3.17. The second kappa shape index (κ2) is 7.71. The summed E-state index contributed by atoms with van der Waals surface area (Å²) in [4.78, 5) is 15.6. The minimum Gasteiger partial charge on any atom is -0.493 e. The highest BCUT2D eigenvalue weighted by Crippen LogP contribution is 2.47. The Morgan fingerprint density at radius 2 is 1.56 bits per heavy atom. The van der Waals surface area contributed by atoms with Crippen molar-refractivity contribution in [3.8, 4) is 11.5 Å². The van der Waals surface area contributed by atoms with Gasteiger partial charge in [-0.25, -0.2) is 5.01 Å². The fraction of sp³-hybridized carbons (Fsp3) is 0.231. The number of ketones is 1. The first-order valence-electron chi connectivity index (χ1n) is 10.6. The summed E-state index contributed by atoms with van der Waals surface area (Å²) in [5.74, 6) is 1.72. The number of anilines is 1. The third-order valence-corrected chi connectivity index (χ3v) is 6.35. The van der Waals surface area contributed by atoms with Crippen molar-refractivity contribution in [1.82, 2.24) is 4.90 Å². The van der Waals surface area contributed by atoms with Gasteiger partial charge in [0, 0.05) is 17.7 Å². The van der Waals surface area contributed by atoms with E-state index in [1.165, 1.54) is 0 Å². The third kappa shape index (κ3) is 2.94. The molecule has 32 heavy (non-hydrogen) atoms. The van der Waals surface area contributed by atoms with Gasteiger partial charge in [0.15, 0.2) is 23.0 Å². The lowest BCUT2D eigenvalue weighted by molar-refractivity contribution is 0.103. The van der Waals surface area contributed by atoms with Crippen LogP contribution in [-0.2, 0) is 12.1 Å². The number of amidine groups is 1. The Kier molecular flexibility index (Phi) is 4.85. The molecule has 6 heteroatoms. The summed E-state index contributed by atoms with van der Waals surface area (Å²) in [7, 11) is 3.28. The zero-order valence-corrected chi connectivity index (χ0v) is 18.4. The van der Waals surface area contributed by atoms with Gasteiger partial charge in [0.1, 0.15) is 0 Å². The number of benzene rings is 3. The van der Waals surface area contributed by atoms with Gasteiger partial charge in [0.25, 0.3) is 0 Å². The predicted octanol–water partition coefficient (Wildman–Crippen LogP) is 4.45. The van der Waals surface area contributed by atoms with Crippen molar-refractivity contribution in [1.29, 1.82) is 0 Å². The third-order valence-electron chi connectivity index (χ3n) is 6.35. The molecule has 0 spiro atoms. The first-order valence-corrected chi connectivity index (χ1v) is 10.6. The van der Waals surface area contributed by atoms with Gasteiger partial charge >= 0.3 is 0 Å². The summed E-state index contributed by atoms with van der Waals surface area (Å²) in [6.45, 7) is 2.78. The summed E-state index contributed by atoms with van der Waals surface area (Å²) in [5, 5.41) is 6.85. The number of carbonyl (C=O) groups excluding carboxylic acids is 1. The number of rotatable bonds is 5. The van der Waals surface area contributed by atoms with E-state index < -0.39 is 5.66 Å². The molecule has 0 bridgehead atoms. The maximum atomic E-state index is 13.5. The van der Waals surface area contributed by atoms with E-state index >= 15 is 0 Å². The highest BCUT2D eigenvalue weighted by atomic mass is 16.5. The Bertz CT molecular complexity index is 1190. The largest absolute Gasteiger partial charge is 0.493 e. The van der Waals surface area contributed by atoms with E-state index in [2.05, 4.69) is 11.8 Å². The van der Waals surface area contributed by atoms with Crippen LogP contribution in [0.5, 0.6) is 11.5 Å². The van der Waals surface area contributed by atoms with E-state index in [1.807, 2.05) is 77.8 Å². The molecule has 2 aliphatic heterocycles. The molecule has 3 aromatic carbocycles. The van der Waals surface area contributed by atoms with E-state index in [-0.39, 0.29) is 5.78 Å². The number of ether oxygens (including phenoxy) is 2. The molecule has 2 aliphatic rings. The van der Waals surface area contributed by atoms with Crippen LogP contribution in [0.15, 0.2) is 77.9 Å². The van der Waals surface area contributed by atoms with Crippen LogP contribution >= 0.6 is 0 Å². The summed E-state index contributed by atoms with van der Waals surface area (Å²) in [6.07, 6.45) is 0.773. The van der Waals surface area contributed by atoms with Crippen molar-refractivity contribution in [2.24, 2.45) is 5.10 Å². The standard InChI is InChI=1S/C26H25N3O3/c1-26-21-17-23(32-3)22(31-2)16-19(21)14-15-28(26)25(24(30)18-10-6-4-7-11-18)27-29(26)20-12-8-5-9-13-20/h4-13,16-17H,14-15H2,1-3H3/t26-/m0/s1. The van der Waals surface area contributed by atoms with Crippen molar-refractivity contribution in [2.45, 2.75) is 19.0 Å². The van der Waals surface area contributed by atoms with Gasteiger partial charge < -0.3 is 14.4 Å².